The van der Waals surface area contributed by atoms with Gasteiger partial charge in [0.05, 0.1) is 17.2 Å². The summed E-state index contributed by atoms with van der Waals surface area (Å²) in [7, 11) is 0. The molecule has 0 radical (unpaired) electrons. The number of benzene rings is 1. The van der Waals surface area contributed by atoms with Crippen molar-refractivity contribution in [3.8, 4) is 0 Å². The molecule has 2 aromatic rings. The summed E-state index contributed by atoms with van der Waals surface area (Å²) < 4.78 is 5.43. The standard InChI is InChI=1S/C18H17NO3/c20-15-6-3-7-16-17(15)13(10-22-16)18(21)19-14-9-8-11-4-1-2-5-12(11)14/h1-2,4-5,10,14H,3,6-9H2,(H,19,21). The van der Waals surface area contributed by atoms with Crippen molar-refractivity contribution in [3.05, 3.63) is 58.5 Å². The number of hydrogen-bond acceptors (Lipinski definition) is 3. The Balaban J connectivity index is 1.59. The summed E-state index contributed by atoms with van der Waals surface area (Å²) in [5.74, 6) is 0.474. The molecule has 2 aliphatic rings. The van der Waals surface area contributed by atoms with Gasteiger partial charge in [0, 0.05) is 12.8 Å². The number of carbonyl (C=O) groups is 2. The van der Waals surface area contributed by atoms with Crippen molar-refractivity contribution in [3.63, 3.8) is 0 Å². The van der Waals surface area contributed by atoms with E-state index < -0.39 is 0 Å². The average Bonchev–Trinajstić information content (AvgIpc) is 3.13. The molecular formula is C18H17NO3. The number of furan rings is 1. The lowest BCUT2D eigenvalue weighted by molar-refractivity contribution is 0.0916. The lowest BCUT2D eigenvalue weighted by Crippen LogP contribution is -2.28. The fourth-order valence-electron chi connectivity index (χ4n) is 3.53. The molecule has 1 aromatic carbocycles. The van der Waals surface area contributed by atoms with Gasteiger partial charge in [0.25, 0.3) is 5.91 Å². The molecular weight excluding hydrogens is 278 g/mol. The number of aryl methyl sites for hydroxylation is 2. The summed E-state index contributed by atoms with van der Waals surface area (Å²) in [5, 5.41) is 3.06. The lowest BCUT2D eigenvalue weighted by Gasteiger charge is -2.15. The van der Waals surface area contributed by atoms with E-state index in [1.807, 2.05) is 12.1 Å². The first-order chi connectivity index (χ1) is 10.7. The second-order valence-electron chi connectivity index (χ2n) is 5.99. The number of ketones is 1. The Kier molecular flexibility index (Phi) is 3.10. The van der Waals surface area contributed by atoms with Crippen molar-refractivity contribution < 1.29 is 14.0 Å². The van der Waals surface area contributed by atoms with Gasteiger partial charge in [0.1, 0.15) is 12.0 Å². The largest absolute Gasteiger partial charge is 0.468 e. The van der Waals surface area contributed by atoms with Crippen LogP contribution in [0.25, 0.3) is 0 Å². The third-order valence-electron chi connectivity index (χ3n) is 4.64. The minimum Gasteiger partial charge on any atom is -0.468 e. The summed E-state index contributed by atoms with van der Waals surface area (Å²) in [6, 6.07) is 8.20. The molecule has 112 valence electrons. The Morgan fingerprint density at radius 2 is 2.05 bits per heavy atom. The van der Waals surface area contributed by atoms with E-state index in [0.717, 1.165) is 25.7 Å². The number of amides is 1. The van der Waals surface area contributed by atoms with Gasteiger partial charge in [-0.15, -0.1) is 0 Å². The zero-order valence-electron chi connectivity index (χ0n) is 12.2. The van der Waals surface area contributed by atoms with Crippen LogP contribution in [0.1, 0.15) is 62.9 Å². The first-order valence-corrected chi connectivity index (χ1v) is 7.76. The van der Waals surface area contributed by atoms with Gasteiger partial charge in [-0.3, -0.25) is 9.59 Å². The van der Waals surface area contributed by atoms with Crippen LogP contribution in [0, 0.1) is 0 Å². The van der Waals surface area contributed by atoms with Crippen molar-refractivity contribution in [2.45, 2.75) is 38.1 Å². The third-order valence-corrected chi connectivity index (χ3v) is 4.64. The molecule has 2 aliphatic carbocycles. The molecule has 0 spiro atoms. The average molecular weight is 295 g/mol. The van der Waals surface area contributed by atoms with E-state index in [0.29, 0.717) is 23.3 Å². The van der Waals surface area contributed by atoms with Gasteiger partial charge in [-0.25, -0.2) is 0 Å². The Hall–Kier alpha value is -2.36. The summed E-state index contributed by atoms with van der Waals surface area (Å²) >= 11 is 0. The second kappa shape index (κ2) is 5.13. The van der Waals surface area contributed by atoms with Crippen LogP contribution in [0.5, 0.6) is 0 Å². The van der Waals surface area contributed by atoms with E-state index in [2.05, 4.69) is 17.4 Å². The molecule has 1 atom stereocenters. The summed E-state index contributed by atoms with van der Waals surface area (Å²) in [6.07, 6.45) is 5.35. The quantitative estimate of drug-likeness (QED) is 0.925. The molecule has 1 N–H and O–H groups in total. The predicted octanol–water partition coefficient (Wildman–Crippen LogP) is 3.22. The van der Waals surface area contributed by atoms with Crippen LogP contribution < -0.4 is 5.32 Å². The zero-order chi connectivity index (χ0) is 15.1. The molecule has 4 heteroatoms. The predicted molar refractivity (Wildman–Crippen MR) is 80.9 cm³/mol. The maximum atomic E-state index is 12.6. The summed E-state index contributed by atoms with van der Waals surface area (Å²) in [6.45, 7) is 0. The van der Waals surface area contributed by atoms with Crippen LogP contribution in [0.3, 0.4) is 0 Å². The summed E-state index contributed by atoms with van der Waals surface area (Å²) in [4.78, 5) is 24.6. The lowest BCUT2D eigenvalue weighted by atomic mass is 9.94. The van der Waals surface area contributed by atoms with Crippen molar-refractivity contribution >= 4 is 11.7 Å². The fraction of sp³-hybridized carbons (Fsp3) is 0.333. The van der Waals surface area contributed by atoms with E-state index in [-0.39, 0.29) is 17.7 Å². The molecule has 22 heavy (non-hydrogen) atoms. The zero-order valence-corrected chi connectivity index (χ0v) is 12.2. The molecule has 1 aromatic heterocycles. The molecule has 0 bridgehead atoms. The number of carbonyl (C=O) groups excluding carboxylic acids is 2. The molecule has 4 rings (SSSR count). The fourth-order valence-corrected chi connectivity index (χ4v) is 3.53. The number of fused-ring (bicyclic) bond motifs is 2. The molecule has 4 nitrogen and oxygen atoms in total. The molecule has 0 fully saturated rings. The molecule has 1 unspecified atom stereocenters. The van der Waals surface area contributed by atoms with Gasteiger partial charge in [-0.2, -0.15) is 0 Å². The van der Waals surface area contributed by atoms with E-state index in [9.17, 15) is 9.59 Å². The molecule has 0 saturated carbocycles. The first kappa shape index (κ1) is 13.3. The highest BCUT2D eigenvalue weighted by Gasteiger charge is 2.30. The van der Waals surface area contributed by atoms with E-state index in [4.69, 9.17) is 4.42 Å². The van der Waals surface area contributed by atoms with Gasteiger partial charge in [-0.05, 0) is 30.4 Å². The van der Waals surface area contributed by atoms with Gasteiger partial charge < -0.3 is 9.73 Å². The van der Waals surface area contributed by atoms with Crippen LogP contribution in [-0.4, -0.2) is 11.7 Å². The van der Waals surface area contributed by atoms with Gasteiger partial charge in [0.2, 0.25) is 0 Å². The molecule has 1 amide bonds. The van der Waals surface area contributed by atoms with Gasteiger partial charge >= 0.3 is 0 Å². The van der Waals surface area contributed by atoms with Crippen LogP contribution in [-0.2, 0) is 12.8 Å². The highest BCUT2D eigenvalue weighted by Crippen LogP contribution is 2.32. The van der Waals surface area contributed by atoms with E-state index >= 15 is 0 Å². The molecule has 0 aliphatic heterocycles. The highest BCUT2D eigenvalue weighted by atomic mass is 16.3. The van der Waals surface area contributed by atoms with Crippen molar-refractivity contribution in [1.82, 2.24) is 5.32 Å². The number of nitrogens with one attached hydrogen (secondary N) is 1. The van der Waals surface area contributed by atoms with Crippen LogP contribution in [0.4, 0.5) is 0 Å². The maximum absolute atomic E-state index is 12.6. The Morgan fingerprint density at radius 3 is 2.95 bits per heavy atom. The minimum absolute atomic E-state index is 0.0203. The van der Waals surface area contributed by atoms with Crippen LogP contribution in [0.2, 0.25) is 0 Å². The SMILES string of the molecule is O=C(NC1CCc2ccccc21)c1coc2c1C(=O)CCC2. The van der Waals surface area contributed by atoms with Gasteiger partial charge in [-0.1, -0.05) is 24.3 Å². The van der Waals surface area contributed by atoms with Gasteiger partial charge in [0.15, 0.2) is 5.78 Å². The monoisotopic (exact) mass is 295 g/mol. The highest BCUT2D eigenvalue weighted by molar-refractivity contribution is 6.09. The Morgan fingerprint density at radius 1 is 1.18 bits per heavy atom. The third kappa shape index (κ3) is 2.06. The molecule has 1 heterocycles. The van der Waals surface area contributed by atoms with Crippen molar-refractivity contribution in [2.24, 2.45) is 0 Å². The Labute approximate surface area is 128 Å². The normalized spacial score (nSPS) is 19.6. The van der Waals surface area contributed by atoms with Crippen molar-refractivity contribution in [1.29, 1.82) is 0 Å². The first-order valence-electron chi connectivity index (χ1n) is 7.76. The smallest absolute Gasteiger partial charge is 0.255 e. The number of hydrogen-bond donors (Lipinski definition) is 1. The molecule has 0 saturated heterocycles. The topological polar surface area (TPSA) is 59.3 Å². The second-order valence-corrected chi connectivity index (χ2v) is 5.99. The van der Waals surface area contributed by atoms with Crippen LogP contribution in [0.15, 0.2) is 34.9 Å². The van der Waals surface area contributed by atoms with E-state index in [1.54, 1.807) is 0 Å². The summed E-state index contributed by atoms with van der Waals surface area (Å²) in [5.41, 5.74) is 3.36. The maximum Gasteiger partial charge on any atom is 0.255 e. The van der Waals surface area contributed by atoms with E-state index in [1.165, 1.54) is 17.4 Å². The number of Topliss-reactive ketones (excluding diaryl/α,β-unsaturated/α-hetero) is 1. The van der Waals surface area contributed by atoms with Crippen molar-refractivity contribution in [2.75, 3.05) is 0 Å². The Bertz CT molecular complexity index is 759. The minimum atomic E-state index is -0.207. The van der Waals surface area contributed by atoms with Crippen LogP contribution >= 0.6 is 0 Å². The number of rotatable bonds is 2.